The average molecular weight is 412 g/mol. The van der Waals surface area contributed by atoms with Crippen LogP contribution in [0.1, 0.15) is 89.5 Å². The standard InChI is InChI=1S/C23H45N3O3/c1-20(2,3)18(28)15(25-22(7,8)9)13-17(27)24-14-16(26-23(10,11)12)19(29)21(4,5)6/h15-16,25-26H,13-14H2,1-12H3,(H,24,27). The second kappa shape index (κ2) is 9.69. The Kier molecular flexibility index (Phi) is 9.27. The Hall–Kier alpha value is -1.27. The van der Waals surface area contributed by atoms with Crippen LogP contribution < -0.4 is 16.0 Å². The molecule has 0 aromatic heterocycles. The van der Waals surface area contributed by atoms with Gasteiger partial charge in [0.1, 0.15) is 0 Å². The topological polar surface area (TPSA) is 87.3 Å². The van der Waals surface area contributed by atoms with Crippen LogP contribution in [0.3, 0.4) is 0 Å². The van der Waals surface area contributed by atoms with Crippen LogP contribution >= 0.6 is 0 Å². The van der Waals surface area contributed by atoms with Crippen LogP contribution in [-0.4, -0.2) is 47.2 Å². The van der Waals surface area contributed by atoms with Crippen molar-refractivity contribution >= 4 is 17.5 Å². The third-order valence-electron chi connectivity index (χ3n) is 4.22. The first-order valence-electron chi connectivity index (χ1n) is 10.5. The molecular weight excluding hydrogens is 366 g/mol. The zero-order chi connectivity index (χ0) is 23.4. The molecule has 0 aromatic rings. The van der Waals surface area contributed by atoms with Gasteiger partial charge in [-0.25, -0.2) is 0 Å². The molecule has 0 saturated carbocycles. The first-order chi connectivity index (χ1) is 12.6. The molecule has 2 unspecified atom stereocenters. The largest absolute Gasteiger partial charge is 0.354 e. The van der Waals surface area contributed by atoms with E-state index in [2.05, 4.69) is 16.0 Å². The zero-order valence-electron chi connectivity index (χ0n) is 20.8. The Labute approximate surface area is 178 Å². The maximum atomic E-state index is 12.8. The van der Waals surface area contributed by atoms with Crippen molar-refractivity contribution in [3.63, 3.8) is 0 Å². The molecule has 0 aliphatic heterocycles. The number of hydrogen-bond acceptors (Lipinski definition) is 5. The minimum Gasteiger partial charge on any atom is -0.354 e. The number of amides is 1. The van der Waals surface area contributed by atoms with Crippen molar-refractivity contribution in [3.05, 3.63) is 0 Å². The van der Waals surface area contributed by atoms with Crippen molar-refractivity contribution in [1.29, 1.82) is 0 Å². The molecule has 3 N–H and O–H groups in total. The molecule has 0 spiro atoms. The van der Waals surface area contributed by atoms with Crippen molar-refractivity contribution in [1.82, 2.24) is 16.0 Å². The van der Waals surface area contributed by atoms with E-state index in [9.17, 15) is 14.4 Å². The van der Waals surface area contributed by atoms with Crippen molar-refractivity contribution in [2.45, 2.75) is 113 Å². The van der Waals surface area contributed by atoms with Gasteiger partial charge in [-0.1, -0.05) is 41.5 Å². The molecule has 0 bridgehead atoms. The predicted octanol–water partition coefficient (Wildman–Crippen LogP) is 3.24. The van der Waals surface area contributed by atoms with E-state index in [1.54, 1.807) is 0 Å². The molecule has 0 radical (unpaired) electrons. The molecule has 6 heteroatoms. The molecule has 0 aliphatic rings. The number of rotatable bonds is 8. The number of carbonyl (C=O) groups is 3. The normalized spacial score (nSPS) is 15.6. The summed E-state index contributed by atoms with van der Waals surface area (Å²) in [5.41, 5.74) is -1.65. The van der Waals surface area contributed by atoms with E-state index in [1.165, 1.54) is 0 Å². The van der Waals surface area contributed by atoms with Gasteiger partial charge in [0.15, 0.2) is 11.6 Å². The number of ketones is 2. The van der Waals surface area contributed by atoms with Gasteiger partial charge in [0, 0.05) is 34.9 Å². The molecule has 0 aliphatic carbocycles. The molecule has 2 atom stereocenters. The Morgan fingerprint density at radius 3 is 1.31 bits per heavy atom. The monoisotopic (exact) mass is 411 g/mol. The highest BCUT2D eigenvalue weighted by atomic mass is 16.2. The average Bonchev–Trinajstić information content (AvgIpc) is 2.44. The van der Waals surface area contributed by atoms with Crippen LogP contribution in [0.2, 0.25) is 0 Å². The van der Waals surface area contributed by atoms with E-state index in [-0.39, 0.29) is 41.5 Å². The van der Waals surface area contributed by atoms with Gasteiger partial charge in [-0.2, -0.15) is 0 Å². The van der Waals surface area contributed by atoms with Crippen LogP contribution in [-0.2, 0) is 14.4 Å². The van der Waals surface area contributed by atoms with E-state index in [4.69, 9.17) is 0 Å². The molecule has 1 amide bonds. The summed E-state index contributed by atoms with van der Waals surface area (Å²) in [6.45, 7) is 23.3. The number of carbonyl (C=O) groups excluding carboxylic acids is 3. The maximum absolute atomic E-state index is 12.8. The minimum absolute atomic E-state index is 0.00212. The summed E-state index contributed by atoms with van der Waals surface area (Å²) in [5.74, 6) is -0.202. The Morgan fingerprint density at radius 2 is 0.966 bits per heavy atom. The van der Waals surface area contributed by atoms with Crippen molar-refractivity contribution < 1.29 is 14.4 Å². The van der Waals surface area contributed by atoms with E-state index in [1.807, 2.05) is 83.1 Å². The summed E-state index contributed by atoms with van der Waals surface area (Å²) >= 11 is 0. The fraction of sp³-hybridized carbons (Fsp3) is 0.870. The molecule has 0 aromatic carbocycles. The van der Waals surface area contributed by atoms with E-state index < -0.39 is 22.9 Å². The SMILES string of the molecule is CC(C)(C)NC(CNC(=O)CC(NC(C)(C)C)C(=O)C(C)(C)C)C(=O)C(C)(C)C. The smallest absolute Gasteiger partial charge is 0.222 e. The minimum atomic E-state index is -0.581. The number of nitrogens with one attached hydrogen (secondary N) is 3. The highest BCUT2D eigenvalue weighted by molar-refractivity contribution is 5.93. The summed E-state index contributed by atoms with van der Waals surface area (Å²) < 4.78 is 0. The van der Waals surface area contributed by atoms with Gasteiger partial charge in [-0.3, -0.25) is 14.4 Å². The first kappa shape index (κ1) is 27.7. The third kappa shape index (κ3) is 11.5. The van der Waals surface area contributed by atoms with E-state index >= 15 is 0 Å². The van der Waals surface area contributed by atoms with Gasteiger partial charge >= 0.3 is 0 Å². The molecular formula is C23H45N3O3. The molecule has 6 nitrogen and oxygen atoms in total. The predicted molar refractivity (Wildman–Crippen MR) is 120 cm³/mol. The van der Waals surface area contributed by atoms with Gasteiger partial charge in [0.25, 0.3) is 0 Å². The first-order valence-corrected chi connectivity index (χ1v) is 10.5. The van der Waals surface area contributed by atoms with Crippen LogP contribution in [0.25, 0.3) is 0 Å². The second-order valence-corrected chi connectivity index (χ2v) is 12.1. The van der Waals surface area contributed by atoms with Crippen molar-refractivity contribution in [2.75, 3.05) is 6.54 Å². The maximum Gasteiger partial charge on any atom is 0.222 e. The second-order valence-electron chi connectivity index (χ2n) is 12.1. The molecule has 0 heterocycles. The Bertz CT molecular complexity index is 584. The quantitative estimate of drug-likeness (QED) is 0.571. The molecule has 170 valence electrons. The highest BCUT2D eigenvalue weighted by Crippen LogP contribution is 2.20. The van der Waals surface area contributed by atoms with Crippen molar-refractivity contribution in [3.8, 4) is 0 Å². The number of hydrogen-bond donors (Lipinski definition) is 3. The van der Waals surface area contributed by atoms with Gasteiger partial charge in [-0.05, 0) is 41.5 Å². The Balaban J connectivity index is 5.28. The fourth-order valence-corrected chi connectivity index (χ4v) is 2.98. The van der Waals surface area contributed by atoms with E-state index in [0.29, 0.717) is 0 Å². The molecule has 0 rings (SSSR count). The highest BCUT2D eigenvalue weighted by Gasteiger charge is 2.35. The molecule has 0 fully saturated rings. The summed E-state index contributed by atoms with van der Waals surface area (Å²) in [7, 11) is 0. The summed E-state index contributed by atoms with van der Waals surface area (Å²) in [6, 6.07) is -1.08. The van der Waals surface area contributed by atoms with Gasteiger partial charge < -0.3 is 16.0 Å². The van der Waals surface area contributed by atoms with Crippen molar-refractivity contribution in [2.24, 2.45) is 10.8 Å². The zero-order valence-corrected chi connectivity index (χ0v) is 20.8. The number of Topliss-reactive ketones (excluding diaryl/α,β-unsaturated/α-hetero) is 2. The summed E-state index contributed by atoms with van der Waals surface area (Å²) in [5, 5.41) is 9.45. The van der Waals surface area contributed by atoms with Crippen LogP contribution in [0.4, 0.5) is 0 Å². The molecule has 29 heavy (non-hydrogen) atoms. The summed E-state index contributed by atoms with van der Waals surface area (Å²) in [6.07, 6.45) is 0.0410. The lowest BCUT2D eigenvalue weighted by Crippen LogP contribution is -2.56. The van der Waals surface area contributed by atoms with Crippen LogP contribution in [0.5, 0.6) is 0 Å². The lowest BCUT2D eigenvalue weighted by molar-refractivity contribution is -0.133. The van der Waals surface area contributed by atoms with Gasteiger partial charge in [-0.15, -0.1) is 0 Å². The summed E-state index contributed by atoms with van der Waals surface area (Å²) in [4.78, 5) is 38.3. The lowest BCUT2D eigenvalue weighted by Gasteiger charge is -2.33. The fourth-order valence-electron chi connectivity index (χ4n) is 2.98. The van der Waals surface area contributed by atoms with Crippen LogP contribution in [0.15, 0.2) is 0 Å². The van der Waals surface area contributed by atoms with E-state index in [0.717, 1.165) is 0 Å². The Morgan fingerprint density at radius 1 is 0.621 bits per heavy atom. The lowest BCUT2D eigenvalue weighted by atomic mass is 9.84. The van der Waals surface area contributed by atoms with Gasteiger partial charge in [0.2, 0.25) is 5.91 Å². The third-order valence-corrected chi connectivity index (χ3v) is 4.22. The molecule has 0 saturated heterocycles. The van der Waals surface area contributed by atoms with Gasteiger partial charge in [0.05, 0.1) is 12.1 Å². The van der Waals surface area contributed by atoms with Crippen LogP contribution in [0, 0.1) is 10.8 Å².